The largest absolute Gasteiger partial charge is 0.497 e. The van der Waals surface area contributed by atoms with E-state index in [2.05, 4.69) is 55.7 Å². The lowest BCUT2D eigenvalue weighted by Crippen LogP contribution is -2.92. The average Bonchev–Trinajstić information content (AvgIpc) is 2.66. The van der Waals surface area contributed by atoms with Crippen molar-refractivity contribution in [1.29, 1.82) is 0 Å². The van der Waals surface area contributed by atoms with Crippen molar-refractivity contribution in [2.75, 3.05) is 12.4 Å². The van der Waals surface area contributed by atoms with Gasteiger partial charge in [-0.05, 0) is 54.8 Å². The van der Waals surface area contributed by atoms with E-state index in [1.807, 2.05) is 31.2 Å². The number of hydrogen-bond donors (Lipinski definition) is 2. The zero-order valence-electron chi connectivity index (χ0n) is 16.5. The normalized spacial score (nSPS) is 13.3. The molecule has 0 bridgehead atoms. The van der Waals surface area contributed by atoms with Crippen LogP contribution in [0, 0.1) is 0 Å². The Labute approximate surface area is 157 Å². The standard InChI is InChI=1S/C22H30N2O2/c1-6-21(18-9-13-20(26-5)14-10-18)23-16(4)22(25)24-19-11-7-17(8-12-19)15(2)3/h7-16,21,23H,6H2,1-5H3,(H,24,25)/p+1/t16-,21+/m0/s1. The summed E-state index contributed by atoms with van der Waals surface area (Å²) >= 11 is 0. The zero-order valence-corrected chi connectivity index (χ0v) is 16.5. The van der Waals surface area contributed by atoms with Crippen LogP contribution >= 0.6 is 0 Å². The number of benzene rings is 2. The van der Waals surface area contributed by atoms with E-state index in [0.717, 1.165) is 17.9 Å². The maximum atomic E-state index is 12.6. The number of carbonyl (C=O) groups is 1. The van der Waals surface area contributed by atoms with Crippen molar-refractivity contribution >= 4 is 11.6 Å². The summed E-state index contributed by atoms with van der Waals surface area (Å²) in [5, 5.41) is 5.14. The van der Waals surface area contributed by atoms with Crippen LogP contribution in [-0.2, 0) is 4.79 Å². The molecular formula is C22H31N2O2+. The second-order valence-corrected chi connectivity index (χ2v) is 7.03. The van der Waals surface area contributed by atoms with E-state index in [1.54, 1.807) is 7.11 Å². The van der Waals surface area contributed by atoms with Gasteiger partial charge in [-0.25, -0.2) is 0 Å². The van der Waals surface area contributed by atoms with Crippen LogP contribution < -0.4 is 15.4 Å². The molecule has 2 aromatic rings. The van der Waals surface area contributed by atoms with Crippen molar-refractivity contribution in [3.05, 3.63) is 59.7 Å². The van der Waals surface area contributed by atoms with E-state index in [9.17, 15) is 4.79 Å². The van der Waals surface area contributed by atoms with Gasteiger partial charge in [-0.1, -0.05) is 32.9 Å². The lowest BCUT2D eigenvalue weighted by Gasteiger charge is -2.19. The second-order valence-electron chi connectivity index (χ2n) is 7.03. The summed E-state index contributed by atoms with van der Waals surface area (Å²) in [6, 6.07) is 16.2. The van der Waals surface area contributed by atoms with Crippen LogP contribution in [0.4, 0.5) is 5.69 Å². The third kappa shape index (κ3) is 5.33. The fourth-order valence-corrected chi connectivity index (χ4v) is 2.98. The molecule has 2 rings (SSSR count). The number of quaternary nitrogens is 1. The number of hydrogen-bond acceptors (Lipinski definition) is 2. The molecule has 0 spiro atoms. The zero-order chi connectivity index (χ0) is 19.1. The Morgan fingerprint density at radius 2 is 1.58 bits per heavy atom. The molecule has 0 aliphatic rings. The molecular weight excluding hydrogens is 324 g/mol. The Morgan fingerprint density at radius 1 is 1.00 bits per heavy atom. The first-order valence-electron chi connectivity index (χ1n) is 9.34. The second kappa shape index (κ2) is 9.39. The van der Waals surface area contributed by atoms with Gasteiger partial charge in [-0.2, -0.15) is 0 Å². The van der Waals surface area contributed by atoms with Gasteiger partial charge in [0.1, 0.15) is 11.8 Å². The smallest absolute Gasteiger partial charge is 0.282 e. The van der Waals surface area contributed by atoms with Crippen molar-refractivity contribution in [2.45, 2.75) is 52.1 Å². The fraction of sp³-hybridized carbons (Fsp3) is 0.409. The molecule has 4 nitrogen and oxygen atoms in total. The monoisotopic (exact) mass is 355 g/mol. The molecule has 0 saturated carbocycles. The van der Waals surface area contributed by atoms with E-state index >= 15 is 0 Å². The van der Waals surface area contributed by atoms with Gasteiger partial charge in [0.2, 0.25) is 0 Å². The first kappa shape index (κ1) is 20.0. The van der Waals surface area contributed by atoms with E-state index < -0.39 is 0 Å². The Bertz CT molecular complexity index is 693. The lowest BCUT2D eigenvalue weighted by molar-refractivity contribution is -0.713. The third-order valence-corrected chi connectivity index (χ3v) is 4.76. The molecule has 0 aliphatic heterocycles. The van der Waals surface area contributed by atoms with Crippen molar-refractivity contribution < 1.29 is 14.8 Å². The van der Waals surface area contributed by atoms with E-state index in [0.29, 0.717) is 5.92 Å². The molecule has 3 N–H and O–H groups in total. The van der Waals surface area contributed by atoms with Crippen molar-refractivity contribution in [3.8, 4) is 5.75 Å². The van der Waals surface area contributed by atoms with Gasteiger partial charge in [-0.15, -0.1) is 0 Å². The topological polar surface area (TPSA) is 54.9 Å². The summed E-state index contributed by atoms with van der Waals surface area (Å²) in [6.45, 7) is 8.41. The fourth-order valence-electron chi connectivity index (χ4n) is 2.98. The summed E-state index contributed by atoms with van der Waals surface area (Å²) in [6.07, 6.45) is 0.951. The molecule has 26 heavy (non-hydrogen) atoms. The summed E-state index contributed by atoms with van der Waals surface area (Å²) < 4.78 is 5.22. The Morgan fingerprint density at radius 3 is 2.08 bits per heavy atom. The molecule has 0 radical (unpaired) electrons. The number of methoxy groups -OCH3 is 1. The van der Waals surface area contributed by atoms with E-state index in [4.69, 9.17) is 4.74 Å². The Balaban J connectivity index is 1.97. The average molecular weight is 356 g/mol. The maximum Gasteiger partial charge on any atom is 0.282 e. The number of ether oxygens (including phenoxy) is 1. The Hall–Kier alpha value is -2.33. The molecule has 1 amide bonds. The molecule has 0 aliphatic carbocycles. The summed E-state index contributed by atoms with van der Waals surface area (Å²) in [5.41, 5.74) is 3.32. The molecule has 0 unspecified atom stereocenters. The highest BCUT2D eigenvalue weighted by Crippen LogP contribution is 2.18. The number of nitrogens with one attached hydrogen (secondary N) is 1. The van der Waals surface area contributed by atoms with Gasteiger partial charge in [-0.3, -0.25) is 4.79 Å². The molecule has 0 fully saturated rings. The van der Waals surface area contributed by atoms with Crippen LogP contribution in [0.25, 0.3) is 0 Å². The van der Waals surface area contributed by atoms with E-state index in [-0.39, 0.29) is 18.0 Å². The minimum absolute atomic E-state index is 0.0225. The number of carbonyl (C=O) groups excluding carboxylic acids is 1. The van der Waals surface area contributed by atoms with Crippen LogP contribution in [0.15, 0.2) is 48.5 Å². The molecule has 0 aromatic heterocycles. The maximum absolute atomic E-state index is 12.6. The molecule has 4 heteroatoms. The molecule has 0 heterocycles. The third-order valence-electron chi connectivity index (χ3n) is 4.76. The lowest BCUT2D eigenvalue weighted by atomic mass is 10.0. The van der Waals surface area contributed by atoms with Gasteiger partial charge < -0.3 is 15.4 Å². The SMILES string of the molecule is CC[C@@H]([NH2+][C@@H](C)C(=O)Nc1ccc(C(C)C)cc1)c1ccc(OC)cc1. The first-order valence-corrected chi connectivity index (χ1v) is 9.34. The number of rotatable bonds is 8. The molecule has 140 valence electrons. The van der Waals surface area contributed by atoms with Crippen LogP contribution in [0.1, 0.15) is 57.2 Å². The molecule has 2 atom stereocenters. The van der Waals surface area contributed by atoms with Crippen LogP contribution in [0.3, 0.4) is 0 Å². The van der Waals surface area contributed by atoms with Crippen molar-refractivity contribution in [2.24, 2.45) is 0 Å². The van der Waals surface area contributed by atoms with Gasteiger partial charge in [0.15, 0.2) is 6.04 Å². The van der Waals surface area contributed by atoms with Crippen LogP contribution in [0.2, 0.25) is 0 Å². The first-order chi connectivity index (χ1) is 12.4. The molecule has 0 saturated heterocycles. The summed E-state index contributed by atoms with van der Waals surface area (Å²) in [5.74, 6) is 1.36. The predicted octanol–water partition coefficient (Wildman–Crippen LogP) is 3.86. The van der Waals surface area contributed by atoms with Crippen molar-refractivity contribution in [1.82, 2.24) is 0 Å². The minimum Gasteiger partial charge on any atom is -0.497 e. The van der Waals surface area contributed by atoms with Gasteiger partial charge in [0.25, 0.3) is 5.91 Å². The Kier molecular flexibility index (Phi) is 7.22. The number of nitrogens with two attached hydrogens (primary N) is 1. The highest BCUT2D eigenvalue weighted by molar-refractivity contribution is 5.93. The van der Waals surface area contributed by atoms with Crippen molar-refractivity contribution in [3.63, 3.8) is 0 Å². The highest BCUT2D eigenvalue weighted by atomic mass is 16.5. The van der Waals surface area contributed by atoms with Gasteiger partial charge in [0.05, 0.1) is 7.11 Å². The van der Waals surface area contributed by atoms with E-state index in [1.165, 1.54) is 11.1 Å². The van der Waals surface area contributed by atoms with Gasteiger partial charge >= 0.3 is 0 Å². The predicted molar refractivity (Wildman–Crippen MR) is 107 cm³/mol. The van der Waals surface area contributed by atoms with Crippen LogP contribution in [-0.4, -0.2) is 19.1 Å². The highest BCUT2D eigenvalue weighted by Gasteiger charge is 2.22. The summed E-state index contributed by atoms with van der Waals surface area (Å²) in [7, 11) is 1.67. The quantitative estimate of drug-likeness (QED) is 0.755. The molecule has 2 aromatic carbocycles. The number of anilines is 1. The minimum atomic E-state index is -0.174. The number of amides is 1. The van der Waals surface area contributed by atoms with Crippen LogP contribution in [0.5, 0.6) is 5.75 Å². The van der Waals surface area contributed by atoms with Gasteiger partial charge in [0, 0.05) is 17.7 Å². The summed E-state index contributed by atoms with van der Waals surface area (Å²) in [4.78, 5) is 12.6.